The van der Waals surface area contributed by atoms with Crippen molar-refractivity contribution in [1.82, 2.24) is 15.0 Å². The Balaban J connectivity index is 0. The van der Waals surface area contributed by atoms with Crippen LogP contribution < -0.4 is 28.4 Å². The molecule has 0 fully saturated rings. The van der Waals surface area contributed by atoms with Gasteiger partial charge in [-0.25, -0.2) is 10.7 Å². The highest BCUT2D eigenvalue weighted by atomic mass is 35.5. The van der Waals surface area contributed by atoms with Gasteiger partial charge in [0.05, 0.1) is 0 Å². The van der Waals surface area contributed by atoms with Gasteiger partial charge in [0.25, 0.3) is 0 Å². The molecule has 0 aliphatic rings. The van der Waals surface area contributed by atoms with E-state index in [4.69, 9.17) is 27.8 Å². The number of nitrogens with zero attached hydrogens (tertiary/aromatic N) is 3. The number of carbonyl (C=O) groups excluding carboxylic acids is 1. The molecule has 2 unspecified atom stereocenters. The van der Waals surface area contributed by atoms with Crippen LogP contribution in [0.25, 0.3) is 0 Å². The summed E-state index contributed by atoms with van der Waals surface area (Å²) >= 11 is 0. The summed E-state index contributed by atoms with van der Waals surface area (Å²) in [5.74, 6) is 4.27. The molecule has 0 aromatic carbocycles. The van der Waals surface area contributed by atoms with Crippen LogP contribution in [-0.4, -0.2) is 46.2 Å². The average Bonchev–Trinajstić information content (AvgIpc) is 2.36. The number of aromatic nitrogens is 3. The number of hydrogen-bond donors (Lipinski definition) is 5. The summed E-state index contributed by atoms with van der Waals surface area (Å²) in [6, 6.07) is -0.747. The van der Waals surface area contributed by atoms with E-state index in [1.807, 2.05) is 0 Å². The lowest BCUT2D eigenvalue weighted by molar-refractivity contribution is -0.152. The number of halogens is 2. The fourth-order valence-electron chi connectivity index (χ4n) is 1.25. The van der Waals surface area contributed by atoms with Crippen LogP contribution in [0.1, 0.15) is 6.92 Å². The molecule has 2 atom stereocenters. The normalized spacial score (nSPS) is 12.3. The van der Waals surface area contributed by atoms with Gasteiger partial charge >= 0.3 is 5.97 Å². The van der Waals surface area contributed by atoms with E-state index in [0.29, 0.717) is 0 Å². The maximum atomic E-state index is 11.8. The smallest absolute Gasteiger partial charge is 0.328 e. The van der Waals surface area contributed by atoms with Gasteiger partial charge in [-0.3, -0.25) is 0 Å². The van der Waals surface area contributed by atoms with E-state index >= 15 is 0 Å². The molecule has 0 radical (unpaired) electrons. The summed E-state index contributed by atoms with van der Waals surface area (Å²) in [5, 5.41) is 2.69. The van der Waals surface area contributed by atoms with Crippen LogP contribution in [0.3, 0.4) is 0 Å². The van der Waals surface area contributed by atoms with E-state index in [1.54, 1.807) is 6.92 Å². The minimum absolute atomic E-state index is 0. The lowest BCUT2D eigenvalue weighted by Crippen LogP contribution is -2.38. The van der Waals surface area contributed by atoms with Crippen LogP contribution in [-0.2, 0) is 14.4 Å². The zero-order valence-electron chi connectivity index (χ0n) is 11.8. The maximum Gasteiger partial charge on any atom is 0.328 e. The molecule has 0 amide bonds. The molecule has 22 heavy (non-hydrogen) atoms. The first-order valence-corrected chi connectivity index (χ1v) is 5.72. The van der Waals surface area contributed by atoms with Gasteiger partial charge < -0.3 is 32.1 Å². The highest BCUT2D eigenvalue weighted by molar-refractivity contribution is 5.85. The summed E-state index contributed by atoms with van der Waals surface area (Å²) in [5.41, 5.74) is 16.2. The SMILES string of the molecule is CC(Nc1nc(N)nc(N)n1)C(=O)OC(CN)CON.Cl.Cl. The third-order valence-corrected chi connectivity index (χ3v) is 2.20. The van der Waals surface area contributed by atoms with Crippen molar-refractivity contribution in [3.05, 3.63) is 0 Å². The molecule has 0 saturated carbocycles. The molecule has 9 N–H and O–H groups in total. The lowest BCUT2D eigenvalue weighted by atomic mass is 10.3. The second kappa shape index (κ2) is 11.0. The molecule has 13 heteroatoms. The van der Waals surface area contributed by atoms with Crippen LogP contribution in [0.2, 0.25) is 0 Å². The summed E-state index contributed by atoms with van der Waals surface area (Å²) in [6.07, 6.45) is -0.634. The van der Waals surface area contributed by atoms with E-state index in [-0.39, 0.29) is 55.8 Å². The molecule has 1 aromatic rings. The fourth-order valence-corrected chi connectivity index (χ4v) is 1.25. The number of esters is 1. The summed E-state index contributed by atoms with van der Waals surface area (Å²) in [7, 11) is 0. The Bertz CT molecular complexity index is 446. The van der Waals surface area contributed by atoms with Gasteiger partial charge in [-0.2, -0.15) is 15.0 Å². The third kappa shape index (κ3) is 7.38. The highest BCUT2D eigenvalue weighted by Crippen LogP contribution is 2.06. The van der Waals surface area contributed by atoms with Crippen molar-refractivity contribution in [2.45, 2.75) is 19.1 Å². The average molecular weight is 359 g/mol. The number of rotatable bonds is 7. The highest BCUT2D eigenvalue weighted by Gasteiger charge is 2.20. The molecular formula is C9H20Cl2N8O3. The zero-order chi connectivity index (χ0) is 15.1. The summed E-state index contributed by atoms with van der Waals surface area (Å²) in [4.78, 5) is 27.3. The van der Waals surface area contributed by atoms with E-state index in [0.717, 1.165) is 0 Å². The van der Waals surface area contributed by atoms with Crippen molar-refractivity contribution in [1.29, 1.82) is 0 Å². The van der Waals surface area contributed by atoms with Crippen LogP contribution in [0.5, 0.6) is 0 Å². The predicted molar refractivity (Wildman–Crippen MR) is 85.3 cm³/mol. The molecule has 0 saturated heterocycles. The van der Waals surface area contributed by atoms with Gasteiger partial charge in [-0.15, -0.1) is 24.8 Å². The third-order valence-electron chi connectivity index (χ3n) is 2.20. The van der Waals surface area contributed by atoms with Gasteiger partial charge in [-0.05, 0) is 6.92 Å². The second-order valence-corrected chi connectivity index (χ2v) is 3.87. The Hall–Kier alpha value is -1.66. The second-order valence-electron chi connectivity index (χ2n) is 3.87. The monoisotopic (exact) mass is 358 g/mol. The number of ether oxygens (including phenoxy) is 1. The number of hydrogen-bond acceptors (Lipinski definition) is 11. The van der Waals surface area contributed by atoms with Crippen LogP contribution >= 0.6 is 24.8 Å². The van der Waals surface area contributed by atoms with Gasteiger partial charge in [0.2, 0.25) is 17.8 Å². The van der Waals surface area contributed by atoms with Crippen LogP contribution in [0.15, 0.2) is 0 Å². The Morgan fingerprint density at radius 1 is 1.23 bits per heavy atom. The van der Waals surface area contributed by atoms with Crippen molar-refractivity contribution < 1.29 is 14.4 Å². The Labute approximate surface area is 139 Å². The quantitative estimate of drug-likeness (QED) is 0.279. The Morgan fingerprint density at radius 3 is 2.23 bits per heavy atom. The van der Waals surface area contributed by atoms with E-state index in [1.165, 1.54) is 0 Å². The Morgan fingerprint density at radius 2 is 1.77 bits per heavy atom. The number of nitrogens with one attached hydrogen (secondary N) is 1. The largest absolute Gasteiger partial charge is 0.457 e. The van der Waals surface area contributed by atoms with Gasteiger partial charge in [0, 0.05) is 6.54 Å². The van der Waals surface area contributed by atoms with Crippen molar-refractivity contribution in [3.63, 3.8) is 0 Å². The van der Waals surface area contributed by atoms with Gasteiger partial charge in [-0.1, -0.05) is 0 Å². The molecule has 11 nitrogen and oxygen atoms in total. The van der Waals surface area contributed by atoms with Crippen LogP contribution in [0.4, 0.5) is 17.8 Å². The van der Waals surface area contributed by atoms with Crippen LogP contribution in [0, 0.1) is 0 Å². The lowest BCUT2D eigenvalue weighted by Gasteiger charge is -2.18. The summed E-state index contributed by atoms with van der Waals surface area (Å²) < 4.78 is 5.07. The maximum absolute atomic E-state index is 11.8. The zero-order valence-corrected chi connectivity index (χ0v) is 13.4. The first-order valence-electron chi connectivity index (χ1n) is 5.72. The minimum Gasteiger partial charge on any atom is -0.457 e. The predicted octanol–water partition coefficient (Wildman–Crippen LogP) is -1.56. The van der Waals surface area contributed by atoms with Crippen molar-refractivity contribution in [2.75, 3.05) is 29.9 Å². The molecule has 0 bridgehead atoms. The molecule has 0 aliphatic carbocycles. The molecule has 128 valence electrons. The fraction of sp³-hybridized carbons (Fsp3) is 0.556. The first kappa shape index (κ1) is 22.6. The first-order chi connectivity index (χ1) is 9.46. The van der Waals surface area contributed by atoms with Gasteiger partial charge in [0.15, 0.2) is 0 Å². The van der Waals surface area contributed by atoms with E-state index < -0.39 is 18.1 Å². The molecule has 1 aromatic heterocycles. The molecular weight excluding hydrogens is 339 g/mol. The minimum atomic E-state index is -0.747. The van der Waals surface area contributed by atoms with Crippen molar-refractivity contribution in [3.8, 4) is 0 Å². The van der Waals surface area contributed by atoms with Crippen molar-refractivity contribution in [2.24, 2.45) is 11.6 Å². The van der Waals surface area contributed by atoms with E-state index in [9.17, 15) is 4.79 Å². The van der Waals surface area contributed by atoms with Gasteiger partial charge in [0.1, 0.15) is 18.8 Å². The number of carbonyl (C=O) groups is 1. The Kier molecular flexibility index (Phi) is 11.3. The number of anilines is 3. The van der Waals surface area contributed by atoms with Crippen molar-refractivity contribution >= 4 is 48.6 Å². The molecule has 1 rings (SSSR count). The van der Waals surface area contributed by atoms with E-state index in [2.05, 4.69) is 25.1 Å². The molecule has 0 aliphatic heterocycles. The molecule has 1 heterocycles. The molecule has 0 spiro atoms. The summed E-state index contributed by atoms with van der Waals surface area (Å²) in [6.45, 7) is 1.64. The topological polar surface area (TPSA) is 190 Å². The number of nitrogens with two attached hydrogens (primary N) is 4. The number of nitrogen functional groups attached to an aromatic ring is 2. The standard InChI is InChI=1S/C9H18N8O3.2ClH/c1-4(6(18)20-5(2-10)3-19-13)14-9-16-7(11)15-8(12)17-9;;/h4-5H,2-3,10,13H2,1H3,(H5,11,12,14,15,16,17);2*1H.